The summed E-state index contributed by atoms with van der Waals surface area (Å²) in [6.45, 7) is 4.26. The van der Waals surface area contributed by atoms with Crippen LogP contribution in [0.5, 0.6) is 0 Å². The lowest BCUT2D eigenvalue weighted by atomic mass is 9.98. The summed E-state index contributed by atoms with van der Waals surface area (Å²) < 4.78 is 0. The summed E-state index contributed by atoms with van der Waals surface area (Å²) in [6.07, 6.45) is 5.92. The quantitative estimate of drug-likeness (QED) is 0.466. The van der Waals surface area contributed by atoms with Crippen LogP contribution in [0.3, 0.4) is 0 Å². The highest BCUT2D eigenvalue weighted by Crippen LogP contribution is 2.34. The third-order valence-corrected chi connectivity index (χ3v) is 4.10. The first-order chi connectivity index (χ1) is 9.20. The Hall–Kier alpha value is -1.61. The first kappa shape index (κ1) is 12.4. The third-order valence-electron chi connectivity index (χ3n) is 4.10. The zero-order valence-electron chi connectivity index (χ0n) is 11.7. The molecule has 0 atom stereocenters. The van der Waals surface area contributed by atoms with Gasteiger partial charge in [0.05, 0.1) is 11.2 Å². The van der Waals surface area contributed by atoms with Crippen LogP contribution in [-0.4, -0.2) is 4.98 Å². The molecule has 1 aromatic heterocycles. The Morgan fingerprint density at radius 1 is 1.11 bits per heavy atom. The maximum atomic E-state index is 5.82. The second-order valence-electron chi connectivity index (χ2n) is 5.59. The summed E-state index contributed by atoms with van der Waals surface area (Å²) in [7, 11) is 0. The number of rotatable bonds is 1. The van der Waals surface area contributed by atoms with Crippen molar-refractivity contribution >= 4 is 16.6 Å². The fourth-order valence-corrected chi connectivity index (χ4v) is 3.27. The average molecular weight is 255 g/mol. The van der Waals surface area contributed by atoms with Crippen molar-refractivity contribution in [3.8, 4) is 0 Å². The molecule has 100 valence electrons. The molecule has 0 saturated carbocycles. The Morgan fingerprint density at radius 2 is 1.89 bits per heavy atom. The topological polar surface area (TPSA) is 50.9 Å². The Labute approximate surface area is 114 Å². The van der Waals surface area contributed by atoms with Crippen LogP contribution in [-0.2, 0) is 12.8 Å². The summed E-state index contributed by atoms with van der Waals surface area (Å²) >= 11 is 0. The molecule has 0 spiro atoms. The van der Waals surface area contributed by atoms with Gasteiger partial charge in [-0.25, -0.2) is 0 Å². The van der Waals surface area contributed by atoms with Crippen LogP contribution in [0, 0.1) is 13.8 Å². The van der Waals surface area contributed by atoms with Gasteiger partial charge in [0.2, 0.25) is 0 Å². The summed E-state index contributed by atoms with van der Waals surface area (Å²) in [5, 5.41) is 1.19. The number of hydrazine groups is 1. The van der Waals surface area contributed by atoms with Crippen molar-refractivity contribution in [2.24, 2.45) is 5.84 Å². The molecule has 1 aromatic carbocycles. The molecular formula is C16H21N3. The fourth-order valence-electron chi connectivity index (χ4n) is 3.27. The Kier molecular flexibility index (Phi) is 3.15. The predicted molar refractivity (Wildman–Crippen MR) is 80.3 cm³/mol. The van der Waals surface area contributed by atoms with E-state index in [0.29, 0.717) is 0 Å². The molecule has 1 aliphatic carbocycles. The monoisotopic (exact) mass is 255 g/mol. The largest absolute Gasteiger partial charge is 0.323 e. The number of hydrogen-bond donors (Lipinski definition) is 2. The van der Waals surface area contributed by atoms with Gasteiger partial charge >= 0.3 is 0 Å². The van der Waals surface area contributed by atoms with E-state index in [4.69, 9.17) is 10.8 Å². The molecule has 1 aliphatic rings. The van der Waals surface area contributed by atoms with Crippen molar-refractivity contribution < 1.29 is 0 Å². The van der Waals surface area contributed by atoms with Gasteiger partial charge in [0.1, 0.15) is 0 Å². The van der Waals surface area contributed by atoms with Crippen LogP contribution in [0.4, 0.5) is 5.69 Å². The molecular weight excluding hydrogens is 234 g/mol. The molecule has 0 amide bonds. The van der Waals surface area contributed by atoms with Crippen LogP contribution < -0.4 is 11.3 Å². The molecule has 0 bridgehead atoms. The molecule has 0 radical (unpaired) electrons. The number of aromatic nitrogens is 1. The second kappa shape index (κ2) is 4.82. The number of aryl methyl sites for hydroxylation is 3. The third kappa shape index (κ3) is 2.08. The van der Waals surface area contributed by atoms with E-state index in [0.717, 1.165) is 24.0 Å². The molecule has 0 aliphatic heterocycles. The first-order valence-electron chi connectivity index (χ1n) is 7.10. The van der Waals surface area contributed by atoms with Gasteiger partial charge < -0.3 is 5.43 Å². The van der Waals surface area contributed by atoms with Crippen molar-refractivity contribution in [2.45, 2.75) is 46.0 Å². The summed E-state index contributed by atoms with van der Waals surface area (Å²) in [6, 6.07) is 4.36. The number of benzene rings is 1. The SMILES string of the molecule is Cc1cc(C)c2c(NN)c3c(nc2c1)CCCCC3. The van der Waals surface area contributed by atoms with Crippen LogP contribution in [0.15, 0.2) is 12.1 Å². The van der Waals surface area contributed by atoms with Crippen molar-refractivity contribution in [2.75, 3.05) is 5.43 Å². The molecule has 2 aromatic rings. The van der Waals surface area contributed by atoms with E-state index in [2.05, 4.69) is 31.4 Å². The summed E-state index contributed by atoms with van der Waals surface area (Å²) in [5.41, 5.74) is 10.2. The molecule has 3 rings (SSSR count). The van der Waals surface area contributed by atoms with Crippen molar-refractivity contribution in [1.29, 1.82) is 0 Å². The Balaban J connectivity index is 2.36. The van der Waals surface area contributed by atoms with Gasteiger partial charge in [-0.3, -0.25) is 10.8 Å². The highest BCUT2D eigenvalue weighted by atomic mass is 15.2. The lowest BCUT2D eigenvalue weighted by Gasteiger charge is -2.16. The van der Waals surface area contributed by atoms with Crippen LogP contribution in [0.2, 0.25) is 0 Å². The molecule has 0 saturated heterocycles. The number of fused-ring (bicyclic) bond motifs is 2. The molecule has 0 fully saturated rings. The number of hydrogen-bond acceptors (Lipinski definition) is 3. The smallest absolute Gasteiger partial charge is 0.0732 e. The number of nitrogens with zero attached hydrogens (tertiary/aromatic N) is 1. The summed E-state index contributed by atoms with van der Waals surface area (Å²) in [5.74, 6) is 5.82. The fraction of sp³-hybridized carbons (Fsp3) is 0.438. The van der Waals surface area contributed by atoms with Crippen LogP contribution >= 0.6 is 0 Å². The number of nitrogens with two attached hydrogens (primary N) is 1. The van der Waals surface area contributed by atoms with Gasteiger partial charge in [-0.2, -0.15) is 0 Å². The minimum atomic E-state index is 1.08. The lowest BCUT2D eigenvalue weighted by molar-refractivity contribution is 0.709. The first-order valence-corrected chi connectivity index (χ1v) is 7.10. The van der Waals surface area contributed by atoms with E-state index in [1.807, 2.05) is 0 Å². The number of nitrogens with one attached hydrogen (secondary N) is 1. The summed E-state index contributed by atoms with van der Waals surface area (Å²) in [4.78, 5) is 4.91. The van der Waals surface area contributed by atoms with Crippen LogP contribution in [0.25, 0.3) is 10.9 Å². The minimum Gasteiger partial charge on any atom is -0.323 e. The molecule has 3 nitrogen and oxygen atoms in total. The highest BCUT2D eigenvalue weighted by molar-refractivity contribution is 5.96. The molecule has 19 heavy (non-hydrogen) atoms. The van der Waals surface area contributed by atoms with E-state index >= 15 is 0 Å². The van der Waals surface area contributed by atoms with Gasteiger partial charge in [-0.05, 0) is 62.3 Å². The second-order valence-corrected chi connectivity index (χ2v) is 5.59. The minimum absolute atomic E-state index is 1.08. The van der Waals surface area contributed by atoms with Gasteiger partial charge in [-0.1, -0.05) is 12.5 Å². The number of anilines is 1. The maximum absolute atomic E-state index is 5.82. The average Bonchev–Trinajstić information content (AvgIpc) is 2.60. The van der Waals surface area contributed by atoms with E-state index < -0.39 is 0 Å². The Morgan fingerprint density at radius 3 is 2.68 bits per heavy atom. The van der Waals surface area contributed by atoms with Crippen LogP contribution in [0.1, 0.15) is 41.6 Å². The van der Waals surface area contributed by atoms with E-state index in [1.54, 1.807) is 0 Å². The van der Waals surface area contributed by atoms with E-state index in [-0.39, 0.29) is 0 Å². The molecule has 3 heteroatoms. The normalized spacial score (nSPS) is 15.1. The molecule has 3 N–H and O–H groups in total. The van der Waals surface area contributed by atoms with Gasteiger partial charge in [0.15, 0.2) is 0 Å². The molecule has 1 heterocycles. The number of pyridine rings is 1. The lowest BCUT2D eigenvalue weighted by Crippen LogP contribution is -2.13. The van der Waals surface area contributed by atoms with Crippen molar-refractivity contribution in [3.05, 3.63) is 34.5 Å². The number of nitrogen functional groups attached to an aromatic ring is 1. The Bertz CT molecular complexity index is 632. The van der Waals surface area contributed by atoms with Gasteiger partial charge in [0, 0.05) is 11.1 Å². The van der Waals surface area contributed by atoms with Gasteiger partial charge in [0.25, 0.3) is 0 Å². The van der Waals surface area contributed by atoms with Crippen molar-refractivity contribution in [1.82, 2.24) is 4.98 Å². The zero-order valence-corrected chi connectivity index (χ0v) is 11.7. The van der Waals surface area contributed by atoms with E-state index in [1.165, 1.54) is 47.0 Å². The van der Waals surface area contributed by atoms with E-state index in [9.17, 15) is 0 Å². The maximum Gasteiger partial charge on any atom is 0.0732 e. The predicted octanol–water partition coefficient (Wildman–Crippen LogP) is 3.41. The van der Waals surface area contributed by atoms with Crippen molar-refractivity contribution in [3.63, 3.8) is 0 Å². The zero-order chi connectivity index (χ0) is 13.4. The molecule has 0 unspecified atom stereocenters. The standard InChI is InChI=1S/C16H21N3/c1-10-8-11(2)15-14(9-10)18-13-7-5-3-4-6-12(13)16(15)19-17/h8-9H,3-7,17H2,1-2H3,(H,18,19). The highest BCUT2D eigenvalue weighted by Gasteiger charge is 2.17. The van der Waals surface area contributed by atoms with Gasteiger partial charge in [-0.15, -0.1) is 0 Å².